The van der Waals surface area contributed by atoms with Crippen molar-refractivity contribution < 1.29 is 4.39 Å². The molecule has 100 valence electrons. The van der Waals surface area contributed by atoms with Crippen LogP contribution < -0.4 is 0 Å². The highest BCUT2D eigenvalue weighted by molar-refractivity contribution is 6.30. The van der Waals surface area contributed by atoms with Crippen molar-refractivity contribution >= 4 is 23.2 Å². The average molecular weight is 291 g/mol. The SMILES string of the molecule is Fc1ccc(CN2CCN(CCCl)CC2)cc1Cl. The van der Waals surface area contributed by atoms with E-state index in [2.05, 4.69) is 9.80 Å². The molecule has 1 fully saturated rings. The van der Waals surface area contributed by atoms with E-state index in [1.54, 1.807) is 12.1 Å². The second kappa shape index (κ2) is 6.71. The minimum Gasteiger partial charge on any atom is -0.300 e. The molecule has 0 atom stereocenters. The van der Waals surface area contributed by atoms with Gasteiger partial charge in [0.2, 0.25) is 0 Å². The van der Waals surface area contributed by atoms with Gasteiger partial charge in [-0.2, -0.15) is 0 Å². The Balaban J connectivity index is 1.85. The van der Waals surface area contributed by atoms with E-state index in [9.17, 15) is 4.39 Å². The largest absolute Gasteiger partial charge is 0.300 e. The molecule has 0 radical (unpaired) electrons. The number of hydrogen-bond donors (Lipinski definition) is 0. The topological polar surface area (TPSA) is 6.48 Å². The van der Waals surface area contributed by atoms with Gasteiger partial charge >= 0.3 is 0 Å². The molecule has 1 heterocycles. The first-order valence-electron chi connectivity index (χ1n) is 6.13. The Morgan fingerprint density at radius 3 is 2.39 bits per heavy atom. The monoisotopic (exact) mass is 290 g/mol. The van der Waals surface area contributed by atoms with Crippen LogP contribution in [-0.2, 0) is 6.54 Å². The van der Waals surface area contributed by atoms with Crippen molar-refractivity contribution in [3.8, 4) is 0 Å². The lowest BCUT2D eigenvalue weighted by Crippen LogP contribution is -2.46. The lowest BCUT2D eigenvalue weighted by molar-refractivity contribution is 0.132. The first-order valence-corrected chi connectivity index (χ1v) is 7.05. The van der Waals surface area contributed by atoms with Crippen LogP contribution in [0, 0.1) is 5.82 Å². The van der Waals surface area contributed by atoms with Crippen molar-refractivity contribution in [1.29, 1.82) is 0 Å². The molecule has 0 N–H and O–H groups in total. The highest BCUT2D eigenvalue weighted by Crippen LogP contribution is 2.17. The number of benzene rings is 1. The smallest absolute Gasteiger partial charge is 0.141 e. The van der Waals surface area contributed by atoms with Gasteiger partial charge in [-0.05, 0) is 17.7 Å². The molecule has 1 aliphatic rings. The molecule has 0 spiro atoms. The quantitative estimate of drug-likeness (QED) is 0.787. The average Bonchev–Trinajstić information content (AvgIpc) is 2.37. The van der Waals surface area contributed by atoms with E-state index >= 15 is 0 Å². The van der Waals surface area contributed by atoms with E-state index in [0.717, 1.165) is 44.8 Å². The molecule has 0 amide bonds. The van der Waals surface area contributed by atoms with Crippen LogP contribution in [0.5, 0.6) is 0 Å². The van der Waals surface area contributed by atoms with Gasteiger partial charge in [-0.25, -0.2) is 4.39 Å². The Labute approximate surface area is 117 Å². The molecule has 1 aliphatic heterocycles. The highest BCUT2D eigenvalue weighted by Gasteiger charge is 2.16. The van der Waals surface area contributed by atoms with Crippen molar-refractivity contribution in [3.05, 3.63) is 34.6 Å². The standard InChI is InChI=1S/C13H17Cl2FN2/c14-3-4-17-5-7-18(8-6-17)10-11-1-2-13(16)12(15)9-11/h1-2,9H,3-8,10H2. The van der Waals surface area contributed by atoms with Crippen LogP contribution in [-0.4, -0.2) is 48.4 Å². The maximum absolute atomic E-state index is 13.0. The summed E-state index contributed by atoms with van der Waals surface area (Å²) in [5.41, 5.74) is 1.06. The van der Waals surface area contributed by atoms with Gasteiger partial charge in [-0.3, -0.25) is 9.80 Å². The summed E-state index contributed by atoms with van der Waals surface area (Å²) in [6.07, 6.45) is 0. The summed E-state index contributed by atoms with van der Waals surface area (Å²) in [7, 11) is 0. The number of halogens is 3. The molecule has 0 unspecified atom stereocenters. The van der Waals surface area contributed by atoms with Gasteiger partial charge < -0.3 is 0 Å². The summed E-state index contributed by atoms with van der Waals surface area (Å²) in [5, 5.41) is 0.202. The first kappa shape index (κ1) is 14.1. The van der Waals surface area contributed by atoms with Crippen LogP contribution in [0.3, 0.4) is 0 Å². The van der Waals surface area contributed by atoms with Crippen LogP contribution >= 0.6 is 23.2 Å². The highest BCUT2D eigenvalue weighted by atomic mass is 35.5. The van der Waals surface area contributed by atoms with Crippen LogP contribution in [0.4, 0.5) is 4.39 Å². The minimum atomic E-state index is -0.354. The van der Waals surface area contributed by atoms with Crippen LogP contribution in [0.2, 0.25) is 5.02 Å². The van der Waals surface area contributed by atoms with Gasteiger partial charge in [-0.1, -0.05) is 17.7 Å². The molecule has 0 aliphatic carbocycles. The van der Waals surface area contributed by atoms with Gasteiger partial charge in [0.25, 0.3) is 0 Å². The molecular formula is C13H17Cl2FN2. The van der Waals surface area contributed by atoms with Crippen LogP contribution in [0.15, 0.2) is 18.2 Å². The van der Waals surface area contributed by atoms with E-state index in [1.165, 1.54) is 6.07 Å². The summed E-state index contributed by atoms with van der Waals surface area (Å²) in [4.78, 5) is 4.72. The van der Waals surface area contributed by atoms with Gasteiger partial charge in [0.1, 0.15) is 5.82 Å². The summed E-state index contributed by atoms with van der Waals surface area (Å²) in [5.74, 6) is 0.334. The van der Waals surface area contributed by atoms with Gasteiger partial charge in [0.05, 0.1) is 5.02 Å². The van der Waals surface area contributed by atoms with Gasteiger partial charge in [0, 0.05) is 45.1 Å². The molecule has 18 heavy (non-hydrogen) atoms. The number of hydrogen-bond acceptors (Lipinski definition) is 2. The maximum atomic E-state index is 13.0. The van der Waals surface area contributed by atoms with Gasteiger partial charge in [0.15, 0.2) is 0 Å². The van der Waals surface area contributed by atoms with Crippen molar-refractivity contribution in [1.82, 2.24) is 9.80 Å². The van der Waals surface area contributed by atoms with Crippen molar-refractivity contribution in [2.75, 3.05) is 38.6 Å². The Morgan fingerprint density at radius 2 is 1.78 bits per heavy atom. The number of alkyl halides is 1. The molecule has 5 heteroatoms. The Kier molecular flexibility index (Phi) is 5.25. The zero-order chi connectivity index (χ0) is 13.0. The molecule has 0 aromatic heterocycles. The number of rotatable bonds is 4. The van der Waals surface area contributed by atoms with Crippen molar-refractivity contribution in [2.45, 2.75) is 6.54 Å². The molecular weight excluding hydrogens is 274 g/mol. The maximum Gasteiger partial charge on any atom is 0.141 e. The molecule has 1 aromatic carbocycles. The fourth-order valence-corrected chi connectivity index (χ4v) is 2.63. The Morgan fingerprint density at radius 1 is 1.11 bits per heavy atom. The normalized spacial score (nSPS) is 18.2. The molecule has 1 aromatic rings. The van der Waals surface area contributed by atoms with E-state index in [-0.39, 0.29) is 10.8 Å². The predicted molar refractivity (Wildman–Crippen MR) is 73.8 cm³/mol. The van der Waals surface area contributed by atoms with E-state index < -0.39 is 0 Å². The first-order chi connectivity index (χ1) is 8.69. The number of piperazine rings is 1. The van der Waals surface area contributed by atoms with Crippen molar-refractivity contribution in [3.63, 3.8) is 0 Å². The lowest BCUT2D eigenvalue weighted by atomic mass is 10.2. The fourth-order valence-electron chi connectivity index (χ4n) is 2.19. The Hall–Kier alpha value is -0.350. The van der Waals surface area contributed by atoms with Crippen LogP contribution in [0.25, 0.3) is 0 Å². The van der Waals surface area contributed by atoms with Gasteiger partial charge in [-0.15, -0.1) is 11.6 Å². The minimum absolute atomic E-state index is 0.202. The molecule has 1 saturated heterocycles. The van der Waals surface area contributed by atoms with Crippen molar-refractivity contribution in [2.24, 2.45) is 0 Å². The van der Waals surface area contributed by atoms with Crippen LogP contribution in [0.1, 0.15) is 5.56 Å². The summed E-state index contributed by atoms with van der Waals surface area (Å²) >= 11 is 11.5. The lowest BCUT2D eigenvalue weighted by Gasteiger charge is -2.34. The fraction of sp³-hybridized carbons (Fsp3) is 0.538. The zero-order valence-electron chi connectivity index (χ0n) is 10.2. The molecule has 0 saturated carbocycles. The predicted octanol–water partition coefficient (Wildman–Crippen LogP) is 2.84. The molecule has 2 nitrogen and oxygen atoms in total. The molecule has 2 rings (SSSR count). The summed E-state index contributed by atoms with van der Waals surface area (Å²) in [6, 6.07) is 4.94. The second-order valence-electron chi connectivity index (χ2n) is 4.56. The second-order valence-corrected chi connectivity index (χ2v) is 5.34. The number of nitrogens with zero attached hydrogens (tertiary/aromatic N) is 2. The zero-order valence-corrected chi connectivity index (χ0v) is 11.7. The van der Waals surface area contributed by atoms with E-state index in [4.69, 9.17) is 23.2 Å². The van der Waals surface area contributed by atoms with E-state index in [0.29, 0.717) is 5.88 Å². The summed E-state index contributed by atoms with van der Waals surface area (Å²) < 4.78 is 13.0. The third-order valence-corrected chi connectivity index (χ3v) is 3.71. The van der Waals surface area contributed by atoms with E-state index in [1.807, 2.05) is 0 Å². The Bertz CT molecular complexity index is 393. The molecule has 0 bridgehead atoms. The third-order valence-electron chi connectivity index (χ3n) is 3.26. The summed E-state index contributed by atoms with van der Waals surface area (Å²) in [6.45, 7) is 5.91. The third kappa shape index (κ3) is 3.82.